The second-order valence-corrected chi connectivity index (χ2v) is 8.96. The average Bonchev–Trinajstić information content (AvgIpc) is 3.36. The normalized spacial score (nSPS) is 17.5. The Morgan fingerprint density at radius 1 is 1.03 bits per heavy atom. The Hall–Kier alpha value is -3.84. The third-order valence-electron chi connectivity index (χ3n) is 6.44. The highest BCUT2D eigenvalue weighted by Crippen LogP contribution is 2.44. The third-order valence-corrected chi connectivity index (χ3v) is 6.75. The molecule has 0 amide bonds. The molecule has 0 aliphatic carbocycles. The first-order valence-electron chi connectivity index (χ1n) is 11.7. The van der Waals surface area contributed by atoms with Gasteiger partial charge in [0.2, 0.25) is 0 Å². The summed E-state index contributed by atoms with van der Waals surface area (Å²) in [5.74, 6) is 1.07. The van der Waals surface area contributed by atoms with Crippen molar-refractivity contribution >= 4 is 23.0 Å². The smallest absolute Gasteiger partial charge is 0.174 e. The lowest BCUT2D eigenvalue weighted by molar-refractivity contribution is 0.340. The number of thiocarbonyl (C=S) groups is 1. The number of phenolic OH excluding ortho intramolecular Hbond substituents is 1. The van der Waals surface area contributed by atoms with Crippen LogP contribution in [0.25, 0.3) is 5.69 Å². The molecule has 6 nitrogen and oxygen atoms in total. The van der Waals surface area contributed by atoms with Crippen molar-refractivity contribution in [2.75, 3.05) is 11.5 Å². The molecule has 0 spiro atoms. The molecule has 1 aliphatic rings. The molecule has 0 bridgehead atoms. The second-order valence-electron chi connectivity index (χ2n) is 8.57. The largest absolute Gasteiger partial charge is 0.506 e. The van der Waals surface area contributed by atoms with Gasteiger partial charge in [-0.05, 0) is 93.1 Å². The molecule has 35 heavy (non-hydrogen) atoms. The number of ether oxygens (including phenoxy) is 1. The van der Waals surface area contributed by atoms with Crippen LogP contribution in [0.1, 0.15) is 41.7 Å². The van der Waals surface area contributed by atoms with Crippen molar-refractivity contribution in [3.8, 4) is 17.2 Å². The molecule has 178 valence electrons. The van der Waals surface area contributed by atoms with E-state index in [-0.39, 0.29) is 17.8 Å². The lowest BCUT2D eigenvalue weighted by atomic mass is 9.96. The molecule has 1 fully saturated rings. The van der Waals surface area contributed by atoms with Crippen LogP contribution >= 0.6 is 12.2 Å². The fourth-order valence-corrected chi connectivity index (χ4v) is 5.28. The molecule has 2 aromatic carbocycles. The number of hydrogen-bond acceptors (Lipinski definition) is 4. The number of nitrogens with one attached hydrogen (secondary N) is 1. The summed E-state index contributed by atoms with van der Waals surface area (Å²) in [6, 6.07) is 23.3. The molecule has 5 rings (SSSR count). The van der Waals surface area contributed by atoms with Crippen LogP contribution in [0.3, 0.4) is 0 Å². The highest BCUT2D eigenvalue weighted by Gasteiger charge is 2.42. The van der Waals surface area contributed by atoms with Gasteiger partial charge in [-0.25, -0.2) is 0 Å². The van der Waals surface area contributed by atoms with Gasteiger partial charge in [0.15, 0.2) is 5.11 Å². The van der Waals surface area contributed by atoms with Crippen LogP contribution in [0.5, 0.6) is 11.5 Å². The van der Waals surface area contributed by atoms with Gasteiger partial charge in [-0.1, -0.05) is 18.2 Å². The minimum Gasteiger partial charge on any atom is -0.506 e. The SMILES string of the molecule is CCOc1ccc(N2C(=S)NC(c3ccccn3)C2c2cc(C)n(-c3ccccc3O)c2C)cc1. The van der Waals surface area contributed by atoms with Crippen molar-refractivity contribution in [3.63, 3.8) is 0 Å². The number of rotatable bonds is 6. The van der Waals surface area contributed by atoms with E-state index in [1.54, 1.807) is 6.07 Å². The standard InChI is InChI=1S/C28H28N4O2S/c1-4-34-21-14-12-20(13-15-21)32-27(26(30-28(32)35)23-9-7-8-16-29-23)22-17-18(2)31(19(22)3)24-10-5-6-11-25(24)33/h5-17,26-27,33H,4H2,1-3H3,(H,30,35). The van der Waals surface area contributed by atoms with E-state index in [2.05, 4.69) is 39.7 Å². The Bertz CT molecular complexity index is 1350. The summed E-state index contributed by atoms with van der Waals surface area (Å²) in [5.41, 5.74) is 5.83. The predicted octanol–water partition coefficient (Wildman–Crippen LogP) is 5.77. The molecule has 1 saturated heterocycles. The van der Waals surface area contributed by atoms with E-state index in [0.717, 1.165) is 39.8 Å². The lowest BCUT2D eigenvalue weighted by Gasteiger charge is -2.28. The maximum atomic E-state index is 10.6. The molecule has 0 saturated carbocycles. The first-order chi connectivity index (χ1) is 17.0. The van der Waals surface area contributed by atoms with Crippen LogP contribution in [0.2, 0.25) is 0 Å². The Labute approximate surface area is 210 Å². The average molecular weight is 485 g/mol. The van der Waals surface area contributed by atoms with Crippen molar-refractivity contribution < 1.29 is 9.84 Å². The first-order valence-corrected chi connectivity index (χ1v) is 12.1. The van der Waals surface area contributed by atoms with E-state index in [4.69, 9.17) is 17.0 Å². The number of para-hydroxylation sites is 2. The number of benzene rings is 2. The molecular formula is C28H28N4O2S. The fraction of sp³-hybridized carbons (Fsp3) is 0.214. The zero-order valence-electron chi connectivity index (χ0n) is 20.0. The van der Waals surface area contributed by atoms with E-state index in [9.17, 15) is 5.11 Å². The van der Waals surface area contributed by atoms with Gasteiger partial charge in [-0.15, -0.1) is 0 Å². The van der Waals surface area contributed by atoms with Gasteiger partial charge in [0.1, 0.15) is 11.5 Å². The molecule has 2 aromatic heterocycles. The zero-order valence-corrected chi connectivity index (χ0v) is 20.8. The number of aromatic hydroxyl groups is 1. The highest BCUT2D eigenvalue weighted by molar-refractivity contribution is 7.80. The number of anilines is 1. The van der Waals surface area contributed by atoms with Crippen molar-refractivity contribution in [1.82, 2.24) is 14.9 Å². The summed E-state index contributed by atoms with van der Waals surface area (Å²) in [4.78, 5) is 6.81. The van der Waals surface area contributed by atoms with Crippen LogP contribution in [0, 0.1) is 13.8 Å². The van der Waals surface area contributed by atoms with Gasteiger partial charge in [-0.2, -0.15) is 0 Å². The molecule has 2 N–H and O–H groups in total. The molecule has 7 heteroatoms. The molecule has 0 radical (unpaired) electrons. The molecule has 4 aromatic rings. The van der Waals surface area contributed by atoms with Crippen LogP contribution in [0.15, 0.2) is 79.0 Å². The first kappa shape index (κ1) is 22.9. The van der Waals surface area contributed by atoms with Gasteiger partial charge in [0, 0.05) is 23.3 Å². The summed E-state index contributed by atoms with van der Waals surface area (Å²) in [6.07, 6.45) is 1.81. The molecule has 1 aliphatic heterocycles. The minimum absolute atomic E-state index is 0.138. The molecular weight excluding hydrogens is 456 g/mol. The van der Waals surface area contributed by atoms with Gasteiger partial charge < -0.3 is 24.6 Å². The summed E-state index contributed by atoms with van der Waals surface area (Å²) in [7, 11) is 0. The minimum atomic E-state index is -0.145. The number of hydrogen-bond donors (Lipinski definition) is 2. The Balaban J connectivity index is 1.65. The van der Waals surface area contributed by atoms with Crippen molar-refractivity contribution in [3.05, 3.63) is 102 Å². The fourth-order valence-electron chi connectivity index (χ4n) is 4.93. The van der Waals surface area contributed by atoms with E-state index in [1.165, 1.54) is 0 Å². The number of aromatic nitrogens is 2. The summed E-state index contributed by atoms with van der Waals surface area (Å²) < 4.78 is 7.74. The maximum Gasteiger partial charge on any atom is 0.174 e. The molecule has 3 heterocycles. The Morgan fingerprint density at radius 3 is 2.46 bits per heavy atom. The van der Waals surface area contributed by atoms with Crippen LogP contribution < -0.4 is 15.0 Å². The monoisotopic (exact) mass is 484 g/mol. The van der Waals surface area contributed by atoms with E-state index < -0.39 is 0 Å². The lowest BCUT2D eigenvalue weighted by Crippen LogP contribution is -2.29. The van der Waals surface area contributed by atoms with Crippen LogP contribution in [0.4, 0.5) is 5.69 Å². The zero-order chi connectivity index (χ0) is 24.5. The molecule has 2 unspecified atom stereocenters. The number of pyridine rings is 1. The summed E-state index contributed by atoms with van der Waals surface area (Å²) in [6.45, 7) is 6.73. The second kappa shape index (κ2) is 9.43. The van der Waals surface area contributed by atoms with Crippen LogP contribution in [-0.2, 0) is 0 Å². The maximum absolute atomic E-state index is 10.6. The topological polar surface area (TPSA) is 62.5 Å². The van der Waals surface area contributed by atoms with Gasteiger partial charge in [-0.3, -0.25) is 4.98 Å². The predicted molar refractivity (Wildman–Crippen MR) is 142 cm³/mol. The van der Waals surface area contributed by atoms with Gasteiger partial charge >= 0.3 is 0 Å². The van der Waals surface area contributed by atoms with Crippen LogP contribution in [-0.4, -0.2) is 26.4 Å². The number of phenols is 1. The summed E-state index contributed by atoms with van der Waals surface area (Å²) >= 11 is 5.87. The van der Waals surface area contributed by atoms with E-state index in [1.807, 2.05) is 73.8 Å². The summed E-state index contributed by atoms with van der Waals surface area (Å²) in [5, 5.41) is 14.7. The van der Waals surface area contributed by atoms with Crippen molar-refractivity contribution in [1.29, 1.82) is 0 Å². The third kappa shape index (κ3) is 4.12. The van der Waals surface area contributed by atoms with Crippen molar-refractivity contribution in [2.24, 2.45) is 0 Å². The van der Waals surface area contributed by atoms with Gasteiger partial charge in [0.25, 0.3) is 0 Å². The number of nitrogens with zero attached hydrogens (tertiary/aromatic N) is 3. The van der Waals surface area contributed by atoms with Gasteiger partial charge in [0.05, 0.1) is 30.1 Å². The quantitative estimate of drug-likeness (QED) is 0.339. The van der Waals surface area contributed by atoms with E-state index >= 15 is 0 Å². The van der Waals surface area contributed by atoms with Crippen molar-refractivity contribution in [2.45, 2.75) is 32.9 Å². The number of aryl methyl sites for hydroxylation is 1. The van der Waals surface area contributed by atoms with E-state index in [0.29, 0.717) is 11.7 Å². The Morgan fingerprint density at radius 2 is 1.77 bits per heavy atom. The molecule has 2 atom stereocenters. The Kier molecular flexibility index (Phi) is 6.17. The highest BCUT2D eigenvalue weighted by atomic mass is 32.1.